The lowest BCUT2D eigenvalue weighted by Gasteiger charge is -2.34. The Bertz CT molecular complexity index is 1110. The Balaban J connectivity index is 1.46. The molecule has 9 heteroatoms. The summed E-state index contributed by atoms with van der Waals surface area (Å²) in [5.41, 5.74) is 1.81. The molecule has 0 spiro atoms. The van der Waals surface area contributed by atoms with Crippen LogP contribution in [-0.4, -0.2) is 52.4 Å². The number of piperazine rings is 1. The van der Waals surface area contributed by atoms with Gasteiger partial charge in [0.1, 0.15) is 18.6 Å². The highest BCUT2D eigenvalue weighted by atomic mass is 32.1. The van der Waals surface area contributed by atoms with Gasteiger partial charge in [-0.1, -0.05) is 11.3 Å². The summed E-state index contributed by atoms with van der Waals surface area (Å²) < 4.78 is 19.7. The molecule has 2 aromatic heterocycles. The Morgan fingerprint density at radius 1 is 1.07 bits per heavy atom. The van der Waals surface area contributed by atoms with Crippen molar-refractivity contribution < 1.29 is 18.4 Å². The van der Waals surface area contributed by atoms with Crippen LogP contribution >= 0.6 is 11.3 Å². The Morgan fingerprint density at radius 2 is 1.73 bits per heavy atom. The second-order valence-corrected chi connectivity index (χ2v) is 8.22. The monoisotopic (exact) mass is 429 g/mol. The fourth-order valence-corrected chi connectivity index (χ4v) is 4.44. The second kappa shape index (κ2) is 8.27. The van der Waals surface area contributed by atoms with Crippen LogP contribution < -0.4 is 4.87 Å². The summed E-state index contributed by atoms with van der Waals surface area (Å²) >= 11 is 1.07. The van der Waals surface area contributed by atoms with Gasteiger partial charge < -0.3 is 14.2 Å². The number of halogens is 1. The number of aryl methyl sites for hydroxylation is 1. The molecule has 1 saturated heterocycles. The van der Waals surface area contributed by atoms with Crippen molar-refractivity contribution in [3.8, 4) is 11.3 Å². The van der Waals surface area contributed by atoms with Crippen LogP contribution in [0.3, 0.4) is 0 Å². The van der Waals surface area contributed by atoms with E-state index in [1.807, 2.05) is 6.92 Å². The zero-order valence-corrected chi connectivity index (χ0v) is 17.2. The first kappa shape index (κ1) is 20.1. The molecule has 2 amide bonds. The first-order valence-corrected chi connectivity index (χ1v) is 10.3. The number of hydrogen-bond acceptors (Lipinski definition) is 5. The molecule has 7 nitrogen and oxygen atoms in total. The number of furan rings is 1. The van der Waals surface area contributed by atoms with Gasteiger partial charge >= 0.3 is 4.87 Å². The average molecular weight is 429 g/mol. The lowest BCUT2D eigenvalue weighted by molar-refractivity contribution is -0.133. The Hall–Kier alpha value is -3.20. The highest BCUT2D eigenvalue weighted by molar-refractivity contribution is 7.09. The molecular formula is C21H20FN3O4S. The van der Waals surface area contributed by atoms with Gasteiger partial charge in [-0.2, -0.15) is 0 Å². The minimum absolute atomic E-state index is 0.0917. The number of benzene rings is 1. The normalized spacial score (nSPS) is 14.2. The molecule has 30 heavy (non-hydrogen) atoms. The van der Waals surface area contributed by atoms with Gasteiger partial charge in [0.15, 0.2) is 0 Å². The lowest BCUT2D eigenvalue weighted by atomic mass is 10.1. The maximum absolute atomic E-state index is 13.3. The van der Waals surface area contributed by atoms with E-state index in [2.05, 4.69) is 0 Å². The molecule has 4 rings (SSSR count). The smallest absolute Gasteiger partial charge is 0.308 e. The minimum Gasteiger partial charge on any atom is -0.472 e. The van der Waals surface area contributed by atoms with E-state index in [1.165, 1.54) is 29.2 Å². The van der Waals surface area contributed by atoms with E-state index in [0.717, 1.165) is 16.2 Å². The van der Waals surface area contributed by atoms with Crippen LogP contribution in [-0.2, 0) is 11.3 Å². The molecular weight excluding hydrogens is 409 g/mol. The van der Waals surface area contributed by atoms with Crippen molar-refractivity contribution in [2.75, 3.05) is 26.2 Å². The molecule has 0 N–H and O–H groups in total. The summed E-state index contributed by atoms with van der Waals surface area (Å²) in [5.74, 6) is -0.674. The zero-order chi connectivity index (χ0) is 21.3. The minimum atomic E-state index is -0.362. The van der Waals surface area contributed by atoms with Crippen molar-refractivity contribution >= 4 is 23.2 Å². The highest BCUT2D eigenvalue weighted by Gasteiger charge is 2.26. The maximum atomic E-state index is 13.3. The van der Waals surface area contributed by atoms with Gasteiger partial charge in [0.25, 0.3) is 5.91 Å². The van der Waals surface area contributed by atoms with Crippen LogP contribution in [0.1, 0.15) is 15.2 Å². The van der Waals surface area contributed by atoms with E-state index in [-0.39, 0.29) is 29.0 Å². The molecule has 1 aliphatic heterocycles. The predicted molar refractivity (Wildman–Crippen MR) is 110 cm³/mol. The largest absolute Gasteiger partial charge is 0.472 e. The summed E-state index contributed by atoms with van der Waals surface area (Å²) in [4.78, 5) is 41.6. The van der Waals surface area contributed by atoms with Crippen molar-refractivity contribution in [3.05, 3.63) is 68.8 Å². The number of hydrogen-bond donors (Lipinski definition) is 0. The van der Waals surface area contributed by atoms with Crippen molar-refractivity contribution in [1.82, 2.24) is 14.4 Å². The summed E-state index contributed by atoms with van der Waals surface area (Å²) in [6.45, 7) is 3.34. The summed E-state index contributed by atoms with van der Waals surface area (Å²) in [5, 5.41) is 0. The summed E-state index contributed by atoms with van der Waals surface area (Å²) in [6, 6.07) is 7.48. The molecule has 3 aromatic rings. The molecule has 0 atom stereocenters. The fraction of sp³-hybridized carbons (Fsp3) is 0.286. The molecule has 0 aliphatic carbocycles. The molecule has 1 aliphatic rings. The third-order valence-electron chi connectivity index (χ3n) is 5.16. The van der Waals surface area contributed by atoms with Crippen LogP contribution in [0.15, 0.2) is 52.1 Å². The molecule has 0 saturated carbocycles. The second-order valence-electron chi connectivity index (χ2n) is 7.05. The Labute approximate surface area is 175 Å². The van der Waals surface area contributed by atoms with Gasteiger partial charge in [0.05, 0.1) is 17.5 Å². The molecule has 1 aromatic carbocycles. The molecule has 3 heterocycles. The van der Waals surface area contributed by atoms with Gasteiger partial charge in [-0.05, 0) is 42.8 Å². The van der Waals surface area contributed by atoms with Crippen molar-refractivity contribution in [3.63, 3.8) is 0 Å². The lowest BCUT2D eigenvalue weighted by Crippen LogP contribution is -2.51. The number of rotatable bonds is 4. The van der Waals surface area contributed by atoms with Gasteiger partial charge in [-0.15, -0.1) is 0 Å². The van der Waals surface area contributed by atoms with Crippen LogP contribution in [0.25, 0.3) is 11.3 Å². The predicted octanol–water partition coefficient (Wildman–Crippen LogP) is 2.60. The van der Waals surface area contributed by atoms with Crippen molar-refractivity contribution in [2.45, 2.75) is 13.5 Å². The van der Waals surface area contributed by atoms with Gasteiger partial charge in [0.2, 0.25) is 5.91 Å². The van der Waals surface area contributed by atoms with Crippen molar-refractivity contribution in [2.24, 2.45) is 0 Å². The number of thiazole rings is 1. The van der Waals surface area contributed by atoms with Gasteiger partial charge in [0, 0.05) is 31.1 Å². The number of carbonyl (C=O) groups is 2. The topological polar surface area (TPSA) is 75.8 Å². The standard InChI is InChI=1S/C21H20FN3O4S/c1-14-19(15-2-4-17(22)5-3-15)25(21(28)30-14)12-18(26)23-7-9-24(10-8-23)20(27)16-6-11-29-13-16/h2-6,11,13H,7-10,12H2,1H3. The third kappa shape index (κ3) is 3.93. The summed E-state index contributed by atoms with van der Waals surface area (Å²) in [6.07, 6.45) is 2.86. The quantitative estimate of drug-likeness (QED) is 0.639. The molecule has 0 unspecified atom stereocenters. The van der Waals surface area contributed by atoms with E-state index in [9.17, 15) is 18.8 Å². The Morgan fingerprint density at radius 3 is 2.37 bits per heavy atom. The van der Waals surface area contributed by atoms with Crippen LogP contribution in [0.4, 0.5) is 4.39 Å². The molecule has 0 radical (unpaired) electrons. The number of aromatic nitrogens is 1. The number of amides is 2. The average Bonchev–Trinajstić information content (AvgIpc) is 3.37. The molecule has 156 valence electrons. The first-order chi connectivity index (χ1) is 14.4. The summed E-state index contributed by atoms with van der Waals surface area (Å²) in [7, 11) is 0. The van der Waals surface area contributed by atoms with Gasteiger partial charge in [-0.25, -0.2) is 4.39 Å². The molecule has 0 bridgehead atoms. The number of carbonyl (C=O) groups excluding carboxylic acids is 2. The van der Waals surface area contributed by atoms with E-state index in [0.29, 0.717) is 43.0 Å². The first-order valence-electron chi connectivity index (χ1n) is 9.49. The van der Waals surface area contributed by atoms with Crippen molar-refractivity contribution in [1.29, 1.82) is 0 Å². The third-order valence-corrected chi connectivity index (χ3v) is 6.06. The maximum Gasteiger partial charge on any atom is 0.308 e. The van der Waals surface area contributed by atoms with E-state index >= 15 is 0 Å². The van der Waals surface area contributed by atoms with Gasteiger partial charge in [-0.3, -0.25) is 19.0 Å². The highest BCUT2D eigenvalue weighted by Crippen LogP contribution is 2.25. The van der Waals surface area contributed by atoms with Crippen LogP contribution in [0.2, 0.25) is 0 Å². The number of nitrogens with zero attached hydrogens (tertiary/aromatic N) is 3. The fourth-order valence-electron chi connectivity index (χ4n) is 3.59. The zero-order valence-electron chi connectivity index (χ0n) is 16.3. The van der Waals surface area contributed by atoms with Crippen LogP contribution in [0, 0.1) is 12.7 Å². The SMILES string of the molecule is Cc1sc(=O)n(CC(=O)N2CCN(C(=O)c3ccoc3)CC2)c1-c1ccc(F)cc1. The van der Waals surface area contributed by atoms with E-state index in [4.69, 9.17) is 4.42 Å². The Kier molecular flexibility index (Phi) is 5.54. The molecule has 1 fully saturated rings. The van der Waals surface area contributed by atoms with E-state index in [1.54, 1.807) is 28.0 Å². The van der Waals surface area contributed by atoms with E-state index < -0.39 is 0 Å². The van der Waals surface area contributed by atoms with Crippen LogP contribution in [0.5, 0.6) is 0 Å².